The van der Waals surface area contributed by atoms with E-state index in [1.807, 2.05) is 0 Å². The molecule has 1 rings (SSSR count). The highest BCUT2D eigenvalue weighted by Gasteiger charge is 2.09. The smallest absolute Gasteiger partial charge is 0.299 e. The molecule has 0 aliphatic heterocycles. The number of carbonyl (C=O) groups is 1. The molecule has 0 aliphatic rings. The van der Waals surface area contributed by atoms with Crippen molar-refractivity contribution in [2.75, 3.05) is 0 Å². The molecule has 74 valence electrons. The predicted octanol–water partition coefficient (Wildman–Crippen LogP) is 1.56. The first kappa shape index (κ1) is 10.6. The van der Waals surface area contributed by atoms with Gasteiger partial charge in [0.1, 0.15) is 6.29 Å². The Morgan fingerprint density at radius 1 is 1.14 bits per heavy atom. The minimum atomic E-state index is -4.63. The zero-order chi connectivity index (χ0) is 10.6. The minimum Gasteiger partial charge on any atom is -0.299 e. The number of hydrogen-bond acceptors (Lipinski definition) is 3. The summed E-state index contributed by atoms with van der Waals surface area (Å²) in [6.45, 7) is 0. The number of rotatable bonds is 3. The van der Waals surface area contributed by atoms with E-state index in [0.29, 0.717) is 11.8 Å². The molecule has 1 aromatic rings. The Balaban J connectivity index is 3.01. The van der Waals surface area contributed by atoms with Gasteiger partial charge in [0.2, 0.25) is 0 Å². The lowest BCUT2D eigenvalue weighted by Crippen LogP contribution is -1.90. The molecule has 0 bridgehead atoms. The molecule has 0 N–H and O–H groups in total. The summed E-state index contributed by atoms with van der Waals surface area (Å²) >= 11 is 0. The fourth-order valence-corrected chi connectivity index (χ4v) is 1.35. The topological polar surface area (TPSA) is 51.2 Å². The fourth-order valence-electron chi connectivity index (χ4n) is 0.892. The van der Waals surface area contributed by atoms with E-state index in [2.05, 4.69) is 0 Å². The highest BCUT2D eigenvalue weighted by atomic mass is 32.3. The maximum absolute atomic E-state index is 12.4. The Labute approximate surface area is 81.1 Å². The van der Waals surface area contributed by atoms with Gasteiger partial charge in [-0.05, 0) is 23.8 Å². The van der Waals surface area contributed by atoms with Crippen molar-refractivity contribution in [3.63, 3.8) is 0 Å². The van der Waals surface area contributed by atoms with Crippen LogP contribution in [0.3, 0.4) is 0 Å². The normalized spacial score (nSPS) is 11.8. The summed E-state index contributed by atoms with van der Waals surface area (Å²) in [5.74, 6) is 0. The van der Waals surface area contributed by atoms with Gasteiger partial charge in [-0.1, -0.05) is 18.2 Å². The molecule has 0 amide bonds. The lowest BCUT2D eigenvalue weighted by atomic mass is 10.2. The molecule has 0 fully saturated rings. The van der Waals surface area contributed by atoms with Crippen molar-refractivity contribution >= 4 is 22.6 Å². The molecule has 0 spiro atoms. The molecular weight excluding hydrogens is 207 g/mol. The Kier molecular flexibility index (Phi) is 3.14. The molecular formula is C9H7FO3S. The van der Waals surface area contributed by atoms with Crippen molar-refractivity contribution in [3.05, 3.63) is 35.9 Å². The fraction of sp³-hybridized carbons (Fsp3) is 0. The Hall–Kier alpha value is -1.49. The second-order valence-corrected chi connectivity index (χ2v) is 3.85. The summed E-state index contributed by atoms with van der Waals surface area (Å²) < 4.78 is 33.2. The summed E-state index contributed by atoms with van der Waals surface area (Å²) in [4.78, 5) is 9.57. The van der Waals surface area contributed by atoms with Crippen LogP contribution in [0.4, 0.5) is 3.89 Å². The summed E-state index contributed by atoms with van der Waals surface area (Å²) in [7, 11) is -4.63. The largest absolute Gasteiger partial charge is 0.332 e. The van der Waals surface area contributed by atoms with Gasteiger partial charge in [-0.3, -0.25) is 4.79 Å². The summed E-state index contributed by atoms with van der Waals surface area (Å²) in [6, 6.07) is 5.10. The van der Waals surface area contributed by atoms with Crippen LogP contribution in [0.2, 0.25) is 0 Å². The van der Waals surface area contributed by atoms with E-state index in [0.717, 1.165) is 12.1 Å². The van der Waals surface area contributed by atoms with E-state index in [1.54, 1.807) is 0 Å². The highest BCUT2D eigenvalue weighted by Crippen LogP contribution is 2.13. The molecule has 0 unspecified atom stereocenters. The van der Waals surface area contributed by atoms with Crippen LogP contribution in [0.1, 0.15) is 5.56 Å². The molecule has 0 aliphatic carbocycles. The lowest BCUT2D eigenvalue weighted by molar-refractivity contribution is -0.104. The van der Waals surface area contributed by atoms with Crippen molar-refractivity contribution in [3.8, 4) is 0 Å². The number of hydrogen-bond donors (Lipinski definition) is 0. The average molecular weight is 214 g/mol. The van der Waals surface area contributed by atoms with E-state index in [-0.39, 0.29) is 4.90 Å². The van der Waals surface area contributed by atoms with E-state index in [4.69, 9.17) is 0 Å². The van der Waals surface area contributed by atoms with Gasteiger partial charge in [-0.2, -0.15) is 8.42 Å². The molecule has 0 saturated heterocycles. The van der Waals surface area contributed by atoms with Gasteiger partial charge in [0.15, 0.2) is 0 Å². The molecule has 3 nitrogen and oxygen atoms in total. The Morgan fingerprint density at radius 3 is 2.14 bits per heavy atom. The molecule has 0 aromatic heterocycles. The number of allylic oxidation sites excluding steroid dienone is 1. The third-order valence-corrected chi connectivity index (χ3v) is 2.36. The van der Waals surface area contributed by atoms with Crippen molar-refractivity contribution in [1.29, 1.82) is 0 Å². The van der Waals surface area contributed by atoms with Gasteiger partial charge in [0.25, 0.3) is 0 Å². The standard InChI is InChI=1S/C9H7FO3S/c10-14(12,13)9-5-3-8(4-6-9)2-1-7-11/h1-7H. The molecule has 1 aromatic carbocycles. The lowest BCUT2D eigenvalue weighted by Gasteiger charge is -1.95. The number of carbonyl (C=O) groups excluding carboxylic acids is 1. The summed E-state index contributed by atoms with van der Waals surface area (Å²) in [6.07, 6.45) is 3.35. The Bertz CT molecular complexity index is 445. The second-order valence-electron chi connectivity index (χ2n) is 2.50. The van der Waals surface area contributed by atoms with Crippen LogP contribution in [0.15, 0.2) is 35.2 Å². The van der Waals surface area contributed by atoms with Crippen molar-refractivity contribution in [2.24, 2.45) is 0 Å². The second kappa shape index (κ2) is 4.15. The molecule has 5 heteroatoms. The zero-order valence-electron chi connectivity index (χ0n) is 7.05. The van der Waals surface area contributed by atoms with Crippen LogP contribution < -0.4 is 0 Å². The first-order valence-electron chi connectivity index (χ1n) is 3.70. The van der Waals surface area contributed by atoms with E-state index in [1.165, 1.54) is 24.3 Å². The quantitative estimate of drug-likeness (QED) is 0.436. The van der Waals surface area contributed by atoms with Gasteiger partial charge in [0.05, 0.1) is 4.90 Å². The average Bonchev–Trinajstić information content (AvgIpc) is 2.14. The molecule has 0 atom stereocenters. The first-order chi connectivity index (χ1) is 6.54. The summed E-state index contributed by atoms with van der Waals surface area (Å²) in [5.41, 5.74) is 0.629. The maximum atomic E-state index is 12.4. The van der Waals surface area contributed by atoms with E-state index < -0.39 is 10.2 Å². The van der Waals surface area contributed by atoms with Crippen molar-refractivity contribution in [2.45, 2.75) is 4.90 Å². The zero-order valence-corrected chi connectivity index (χ0v) is 7.87. The third-order valence-electron chi connectivity index (χ3n) is 1.53. The van der Waals surface area contributed by atoms with Crippen LogP contribution in [-0.4, -0.2) is 14.7 Å². The maximum Gasteiger partial charge on any atom is 0.332 e. The SMILES string of the molecule is O=CC=Cc1ccc(S(=O)(=O)F)cc1. The van der Waals surface area contributed by atoms with Crippen molar-refractivity contribution in [1.82, 2.24) is 0 Å². The molecule has 0 heterocycles. The van der Waals surface area contributed by atoms with Gasteiger partial charge in [-0.15, -0.1) is 3.89 Å². The van der Waals surface area contributed by atoms with E-state index >= 15 is 0 Å². The van der Waals surface area contributed by atoms with Gasteiger partial charge >= 0.3 is 10.2 Å². The van der Waals surface area contributed by atoms with E-state index in [9.17, 15) is 17.1 Å². The summed E-state index contributed by atoms with van der Waals surface area (Å²) in [5, 5.41) is 0. The minimum absolute atomic E-state index is 0.388. The number of halogens is 1. The van der Waals surface area contributed by atoms with Crippen LogP contribution in [0.25, 0.3) is 6.08 Å². The van der Waals surface area contributed by atoms with Gasteiger partial charge in [0, 0.05) is 0 Å². The third kappa shape index (κ3) is 2.77. The van der Waals surface area contributed by atoms with Crippen LogP contribution in [0.5, 0.6) is 0 Å². The first-order valence-corrected chi connectivity index (χ1v) is 5.09. The van der Waals surface area contributed by atoms with Crippen LogP contribution >= 0.6 is 0 Å². The van der Waals surface area contributed by atoms with Crippen LogP contribution in [-0.2, 0) is 15.0 Å². The van der Waals surface area contributed by atoms with Crippen molar-refractivity contribution < 1.29 is 17.1 Å². The molecule has 0 radical (unpaired) electrons. The monoisotopic (exact) mass is 214 g/mol. The van der Waals surface area contributed by atoms with Gasteiger partial charge < -0.3 is 0 Å². The highest BCUT2D eigenvalue weighted by molar-refractivity contribution is 7.86. The van der Waals surface area contributed by atoms with Crippen LogP contribution in [0, 0.1) is 0 Å². The predicted molar refractivity (Wildman–Crippen MR) is 49.8 cm³/mol. The van der Waals surface area contributed by atoms with Gasteiger partial charge in [-0.25, -0.2) is 0 Å². The number of aldehydes is 1. The molecule has 0 saturated carbocycles. The Morgan fingerprint density at radius 2 is 1.71 bits per heavy atom. The molecule has 14 heavy (non-hydrogen) atoms. The number of benzene rings is 1.